The summed E-state index contributed by atoms with van der Waals surface area (Å²) in [5, 5.41) is 10.5. The molecule has 2 aromatic heterocycles. The Morgan fingerprint density at radius 2 is 1.61 bits per heavy atom. The summed E-state index contributed by atoms with van der Waals surface area (Å²) in [5.41, 5.74) is 7.44. The number of fused-ring (bicyclic) bond motifs is 6. The molecular formula is C40H42IrN4O-2. The quantitative estimate of drug-likeness (QED) is 0.129. The summed E-state index contributed by atoms with van der Waals surface area (Å²) < 4.78 is 2.26. The van der Waals surface area contributed by atoms with Gasteiger partial charge in [0.25, 0.3) is 0 Å². The van der Waals surface area contributed by atoms with Crippen LogP contribution in [0.3, 0.4) is 0 Å². The van der Waals surface area contributed by atoms with Crippen molar-refractivity contribution in [3.8, 4) is 11.3 Å². The van der Waals surface area contributed by atoms with Gasteiger partial charge in [0, 0.05) is 43.6 Å². The Morgan fingerprint density at radius 3 is 2.33 bits per heavy atom. The van der Waals surface area contributed by atoms with E-state index in [1.165, 1.54) is 59.3 Å². The molecule has 2 heterocycles. The minimum absolute atomic E-state index is 0. The fourth-order valence-electron chi connectivity index (χ4n) is 6.87. The van der Waals surface area contributed by atoms with Gasteiger partial charge in [-0.25, -0.2) is 4.98 Å². The van der Waals surface area contributed by atoms with Crippen molar-refractivity contribution < 1.29 is 24.9 Å². The standard InChI is InChI=1S/C29H24N3.C11H19NO.Ir/c1-17(2)25-16-21(15-20-10-6-7-11-22(20)25)26-29-27(31-18(3)30-26)24-14-13-19-9-5-8-12-23(19)28(24)32(29)4;1-9(8-10(2)13)12-11-6-4-3-5-7-11;/h5-14,16-17H,1-4H3;8,11H,3-7H2,1-2H3,(H,12,13);/q-1;;/p-1. The van der Waals surface area contributed by atoms with E-state index < -0.39 is 0 Å². The van der Waals surface area contributed by atoms with Gasteiger partial charge in [0.15, 0.2) is 5.78 Å². The fourth-order valence-corrected chi connectivity index (χ4v) is 6.87. The van der Waals surface area contributed by atoms with Gasteiger partial charge in [0.2, 0.25) is 0 Å². The first kappa shape index (κ1) is 33.5. The minimum Gasteiger partial charge on any atom is -0.685 e. The van der Waals surface area contributed by atoms with E-state index in [2.05, 4.69) is 104 Å². The van der Waals surface area contributed by atoms with Crippen molar-refractivity contribution in [1.82, 2.24) is 14.5 Å². The van der Waals surface area contributed by atoms with Crippen molar-refractivity contribution >= 4 is 49.3 Å². The Hall–Kier alpha value is -3.86. The number of nitrogens with zero attached hydrogens (tertiary/aromatic N) is 4. The van der Waals surface area contributed by atoms with E-state index in [4.69, 9.17) is 9.97 Å². The molecule has 1 aliphatic rings. The van der Waals surface area contributed by atoms with Crippen LogP contribution >= 0.6 is 0 Å². The van der Waals surface area contributed by atoms with Gasteiger partial charge in [-0.05, 0) is 31.2 Å². The molecule has 0 amide bonds. The SMILES string of the molecule is CC(=O)/C=C(/C)[N-]C1CCCCC1.Cc1nc(-c2[c-]c3ccccc3c(C(C)C)c2)c2c(n1)c1ccc3ccccc3c1n2C.[Ir]. The molecule has 0 aliphatic heterocycles. The molecule has 1 aliphatic carbocycles. The first-order valence-corrected chi connectivity index (χ1v) is 16.2. The Bertz CT molecular complexity index is 2070. The van der Waals surface area contributed by atoms with Gasteiger partial charge in [0.05, 0.1) is 16.6 Å². The predicted molar refractivity (Wildman–Crippen MR) is 189 cm³/mol. The first-order chi connectivity index (χ1) is 21.7. The summed E-state index contributed by atoms with van der Waals surface area (Å²) in [6.45, 7) is 9.95. The van der Waals surface area contributed by atoms with E-state index >= 15 is 0 Å². The summed E-state index contributed by atoms with van der Waals surface area (Å²) in [4.78, 5) is 20.6. The number of allylic oxidation sites excluding steroid dienone is 2. The molecule has 6 aromatic rings. The van der Waals surface area contributed by atoms with Crippen LogP contribution in [0.1, 0.15) is 77.1 Å². The zero-order valence-corrected chi connectivity index (χ0v) is 30.0. The van der Waals surface area contributed by atoms with Crippen LogP contribution in [0.25, 0.3) is 60.1 Å². The number of carbonyl (C=O) groups excluding carboxylic acids is 1. The molecule has 0 saturated heterocycles. The van der Waals surface area contributed by atoms with Gasteiger partial charge in [-0.1, -0.05) is 118 Å². The first-order valence-electron chi connectivity index (χ1n) is 16.2. The molecule has 0 N–H and O–H groups in total. The summed E-state index contributed by atoms with van der Waals surface area (Å²) in [5.74, 6) is 1.28. The van der Waals surface area contributed by atoms with E-state index in [0.717, 1.165) is 44.6 Å². The molecule has 6 heteroatoms. The van der Waals surface area contributed by atoms with Crippen LogP contribution in [0.15, 0.2) is 78.5 Å². The third-order valence-corrected chi connectivity index (χ3v) is 8.88. The molecule has 239 valence electrons. The summed E-state index contributed by atoms with van der Waals surface area (Å²) in [7, 11) is 2.13. The number of carbonyl (C=O) groups is 1. The molecule has 5 nitrogen and oxygen atoms in total. The number of hydrogen-bond donors (Lipinski definition) is 0. The predicted octanol–water partition coefficient (Wildman–Crippen LogP) is 10.5. The van der Waals surface area contributed by atoms with Crippen LogP contribution in [0.5, 0.6) is 0 Å². The summed E-state index contributed by atoms with van der Waals surface area (Å²) in [6.07, 6.45) is 7.95. The number of benzene rings is 4. The number of rotatable bonds is 5. The molecule has 4 aromatic carbocycles. The van der Waals surface area contributed by atoms with Gasteiger partial charge < -0.3 is 9.88 Å². The molecule has 0 unspecified atom stereocenters. The van der Waals surface area contributed by atoms with E-state index in [0.29, 0.717) is 12.0 Å². The van der Waals surface area contributed by atoms with E-state index in [-0.39, 0.29) is 25.9 Å². The number of hydrogen-bond acceptors (Lipinski definition) is 3. The minimum atomic E-state index is 0. The van der Waals surface area contributed by atoms with Gasteiger partial charge in [-0.3, -0.25) is 9.78 Å². The molecule has 0 spiro atoms. The topological polar surface area (TPSA) is 61.9 Å². The van der Waals surface area contributed by atoms with Crippen molar-refractivity contribution in [1.29, 1.82) is 0 Å². The van der Waals surface area contributed by atoms with Gasteiger partial charge in [-0.2, -0.15) is 5.70 Å². The third kappa shape index (κ3) is 6.79. The normalized spacial score (nSPS) is 14.0. The second-order valence-electron chi connectivity index (χ2n) is 12.7. The molecule has 0 atom stereocenters. The monoisotopic (exact) mass is 787 g/mol. The van der Waals surface area contributed by atoms with Crippen molar-refractivity contribution in [3.05, 3.63) is 101 Å². The van der Waals surface area contributed by atoms with Crippen molar-refractivity contribution in [3.63, 3.8) is 0 Å². The van der Waals surface area contributed by atoms with E-state index in [9.17, 15) is 4.79 Å². The van der Waals surface area contributed by atoms with Crippen LogP contribution in [0, 0.1) is 13.0 Å². The van der Waals surface area contributed by atoms with Crippen molar-refractivity contribution in [2.24, 2.45) is 7.05 Å². The maximum absolute atomic E-state index is 10.8. The zero-order valence-electron chi connectivity index (χ0n) is 27.6. The fraction of sp³-hybridized carbons (Fsp3) is 0.325. The van der Waals surface area contributed by atoms with Crippen LogP contribution in [-0.2, 0) is 31.9 Å². The maximum atomic E-state index is 10.8. The molecular weight excluding hydrogens is 745 g/mol. The van der Waals surface area contributed by atoms with Gasteiger partial charge in [-0.15, -0.1) is 35.2 Å². The second kappa shape index (κ2) is 14.3. The van der Waals surface area contributed by atoms with Crippen molar-refractivity contribution in [2.75, 3.05) is 0 Å². The average molecular weight is 787 g/mol. The van der Waals surface area contributed by atoms with Gasteiger partial charge in [0.1, 0.15) is 5.82 Å². The Balaban J connectivity index is 0.000000253. The number of ketones is 1. The summed E-state index contributed by atoms with van der Waals surface area (Å²) in [6, 6.07) is 27.8. The van der Waals surface area contributed by atoms with Gasteiger partial charge >= 0.3 is 0 Å². The van der Waals surface area contributed by atoms with Crippen LogP contribution < -0.4 is 0 Å². The molecule has 46 heavy (non-hydrogen) atoms. The molecule has 7 rings (SSSR count). The van der Waals surface area contributed by atoms with Crippen LogP contribution in [0.2, 0.25) is 0 Å². The maximum Gasteiger partial charge on any atom is 0.151 e. The molecule has 1 saturated carbocycles. The molecule has 0 bridgehead atoms. The van der Waals surface area contributed by atoms with Crippen LogP contribution in [0.4, 0.5) is 0 Å². The second-order valence-corrected chi connectivity index (χ2v) is 12.7. The van der Waals surface area contributed by atoms with E-state index in [1.54, 1.807) is 13.0 Å². The molecule has 1 radical (unpaired) electrons. The van der Waals surface area contributed by atoms with Crippen molar-refractivity contribution in [2.45, 2.75) is 78.7 Å². The Morgan fingerprint density at radius 1 is 0.913 bits per heavy atom. The van der Waals surface area contributed by atoms with E-state index in [1.807, 2.05) is 13.8 Å². The Kier molecular flexibility index (Phi) is 10.4. The largest absolute Gasteiger partial charge is 0.685 e. The number of aryl methyl sites for hydroxylation is 2. The number of aromatic nitrogens is 3. The zero-order chi connectivity index (χ0) is 31.7. The smallest absolute Gasteiger partial charge is 0.151 e. The average Bonchev–Trinajstić information content (AvgIpc) is 3.32. The van der Waals surface area contributed by atoms with Crippen LogP contribution in [-0.4, -0.2) is 26.4 Å². The molecule has 1 fully saturated rings. The Labute approximate surface area is 285 Å². The summed E-state index contributed by atoms with van der Waals surface area (Å²) >= 11 is 0. The third-order valence-electron chi connectivity index (χ3n) is 8.88.